The normalized spacial score (nSPS) is 16.3. The van der Waals surface area contributed by atoms with Crippen LogP contribution in [-0.4, -0.2) is 13.2 Å². The standard InChI is InChI=1S/C17H27NO/c1-3-13-19-17-10-8-16(9-11-17)14(2)18-12-4-5-15-6-7-15/h8-11,14-15,18H,3-7,12-13H2,1-2H3. The maximum atomic E-state index is 5.60. The first kappa shape index (κ1) is 14.4. The third-order valence-electron chi connectivity index (χ3n) is 3.79. The van der Waals surface area contributed by atoms with Gasteiger partial charge in [-0.2, -0.15) is 0 Å². The third kappa shape index (κ3) is 5.23. The third-order valence-corrected chi connectivity index (χ3v) is 3.79. The molecule has 0 spiro atoms. The van der Waals surface area contributed by atoms with Crippen molar-refractivity contribution in [2.45, 2.75) is 52.0 Å². The first-order valence-electron chi connectivity index (χ1n) is 7.75. The van der Waals surface area contributed by atoms with E-state index in [0.29, 0.717) is 6.04 Å². The maximum Gasteiger partial charge on any atom is 0.119 e. The van der Waals surface area contributed by atoms with Crippen LogP contribution in [0, 0.1) is 5.92 Å². The van der Waals surface area contributed by atoms with Gasteiger partial charge in [-0.3, -0.25) is 0 Å². The summed E-state index contributed by atoms with van der Waals surface area (Å²) in [6, 6.07) is 8.92. The lowest BCUT2D eigenvalue weighted by atomic mass is 10.1. The Kier molecular flexibility index (Phi) is 5.71. The summed E-state index contributed by atoms with van der Waals surface area (Å²) < 4.78 is 5.60. The van der Waals surface area contributed by atoms with Crippen LogP contribution in [0.4, 0.5) is 0 Å². The molecule has 0 heterocycles. The molecule has 1 fully saturated rings. The number of hydrogen-bond acceptors (Lipinski definition) is 2. The number of nitrogens with one attached hydrogen (secondary N) is 1. The van der Waals surface area contributed by atoms with Crippen LogP contribution in [0.2, 0.25) is 0 Å². The predicted octanol–water partition coefficient (Wildman–Crippen LogP) is 4.32. The topological polar surface area (TPSA) is 21.3 Å². The second-order valence-corrected chi connectivity index (χ2v) is 5.68. The molecule has 106 valence electrons. The number of hydrogen-bond donors (Lipinski definition) is 1. The first-order valence-corrected chi connectivity index (χ1v) is 7.75. The van der Waals surface area contributed by atoms with Crippen LogP contribution in [0.5, 0.6) is 5.75 Å². The van der Waals surface area contributed by atoms with Gasteiger partial charge in [0.15, 0.2) is 0 Å². The van der Waals surface area contributed by atoms with Crippen LogP contribution in [0.25, 0.3) is 0 Å². The maximum absolute atomic E-state index is 5.60. The van der Waals surface area contributed by atoms with Crippen molar-refractivity contribution in [1.82, 2.24) is 5.32 Å². The molecule has 2 nitrogen and oxygen atoms in total. The zero-order valence-electron chi connectivity index (χ0n) is 12.3. The largest absolute Gasteiger partial charge is 0.494 e. The second-order valence-electron chi connectivity index (χ2n) is 5.68. The Balaban J connectivity index is 1.69. The fourth-order valence-electron chi connectivity index (χ4n) is 2.31. The van der Waals surface area contributed by atoms with E-state index in [1.165, 1.54) is 31.2 Å². The zero-order chi connectivity index (χ0) is 13.5. The number of rotatable bonds is 9. The summed E-state index contributed by atoms with van der Waals surface area (Å²) in [4.78, 5) is 0. The Labute approximate surface area is 117 Å². The Morgan fingerprint density at radius 2 is 2.00 bits per heavy atom. The van der Waals surface area contributed by atoms with Crippen molar-refractivity contribution in [1.29, 1.82) is 0 Å². The average molecular weight is 261 g/mol. The zero-order valence-corrected chi connectivity index (χ0v) is 12.3. The van der Waals surface area contributed by atoms with Crippen LogP contribution < -0.4 is 10.1 Å². The minimum atomic E-state index is 0.430. The molecule has 0 aliphatic heterocycles. The average Bonchev–Trinajstić information content (AvgIpc) is 3.26. The van der Waals surface area contributed by atoms with Crippen LogP contribution in [0.15, 0.2) is 24.3 Å². The van der Waals surface area contributed by atoms with Crippen molar-refractivity contribution in [2.24, 2.45) is 5.92 Å². The van der Waals surface area contributed by atoms with Gasteiger partial charge in [0.1, 0.15) is 5.75 Å². The van der Waals surface area contributed by atoms with Crippen LogP contribution in [0.1, 0.15) is 57.6 Å². The minimum Gasteiger partial charge on any atom is -0.494 e. The highest BCUT2D eigenvalue weighted by Crippen LogP contribution is 2.33. The molecule has 1 aliphatic carbocycles. The summed E-state index contributed by atoms with van der Waals surface area (Å²) in [7, 11) is 0. The first-order chi connectivity index (χ1) is 9.29. The summed E-state index contributed by atoms with van der Waals surface area (Å²) in [6.07, 6.45) is 6.71. The van der Waals surface area contributed by atoms with Crippen molar-refractivity contribution in [3.8, 4) is 5.75 Å². The van der Waals surface area contributed by atoms with E-state index in [2.05, 4.69) is 43.4 Å². The SMILES string of the molecule is CCCOc1ccc(C(C)NCCCC2CC2)cc1. The molecule has 1 unspecified atom stereocenters. The van der Waals surface area contributed by atoms with Gasteiger partial charge in [0.05, 0.1) is 6.61 Å². The number of ether oxygens (including phenoxy) is 1. The fraction of sp³-hybridized carbons (Fsp3) is 0.647. The lowest BCUT2D eigenvalue weighted by Crippen LogP contribution is -2.19. The van der Waals surface area contributed by atoms with E-state index in [1.807, 2.05) is 0 Å². The van der Waals surface area contributed by atoms with Crippen molar-refractivity contribution in [2.75, 3.05) is 13.2 Å². The van der Waals surface area contributed by atoms with E-state index >= 15 is 0 Å². The molecule has 0 aromatic heterocycles. The molecule has 2 rings (SSSR count). The van der Waals surface area contributed by atoms with Crippen molar-refractivity contribution in [3.63, 3.8) is 0 Å². The van der Waals surface area contributed by atoms with E-state index in [1.54, 1.807) is 0 Å². The van der Waals surface area contributed by atoms with Gasteiger partial charge in [-0.15, -0.1) is 0 Å². The van der Waals surface area contributed by atoms with Crippen molar-refractivity contribution in [3.05, 3.63) is 29.8 Å². The van der Waals surface area contributed by atoms with Crippen LogP contribution >= 0.6 is 0 Å². The Morgan fingerprint density at radius 1 is 1.26 bits per heavy atom. The summed E-state index contributed by atoms with van der Waals surface area (Å²) in [5.74, 6) is 2.03. The van der Waals surface area contributed by atoms with Gasteiger partial charge < -0.3 is 10.1 Å². The Hall–Kier alpha value is -1.02. The van der Waals surface area contributed by atoms with Crippen molar-refractivity contribution < 1.29 is 4.74 Å². The highest BCUT2D eigenvalue weighted by molar-refractivity contribution is 5.28. The summed E-state index contributed by atoms with van der Waals surface area (Å²) in [6.45, 7) is 6.29. The highest BCUT2D eigenvalue weighted by atomic mass is 16.5. The molecule has 1 aromatic carbocycles. The van der Waals surface area contributed by atoms with Crippen LogP contribution in [-0.2, 0) is 0 Å². The van der Waals surface area contributed by atoms with Crippen molar-refractivity contribution >= 4 is 0 Å². The molecule has 19 heavy (non-hydrogen) atoms. The molecular formula is C17H27NO. The fourth-order valence-corrected chi connectivity index (χ4v) is 2.31. The molecule has 1 aliphatic rings. The molecule has 1 aromatic rings. The minimum absolute atomic E-state index is 0.430. The molecule has 1 atom stereocenters. The van der Waals surface area contributed by atoms with Gasteiger partial charge in [0.2, 0.25) is 0 Å². The van der Waals surface area contributed by atoms with E-state index in [-0.39, 0.29) is 0 Å². The molecule has 1 N–H and O–H groups in total. The van der Waals surface area contributed by atoms with Gasteiger partial charge in [0.25, 0.3) is 0 Å². The van der Waals surface area contributed by atoms with Gasteiger partial charge in [-0.05, 0) is 56.3 Å². The molecule has 0 bridgehead atoms. The predicted molar refractivity (Wildman–Crippen MR) is 80.6 cm³/mol. The summed E-state index contributed by atoms with van der Waals surface area (Å²) in [5.41, 5.74) is 1.34. The molecule has 0 saturated heterocycles. The molecule has 1 saturated carbocycles. The number of benzene rings is 1. The Morgan fingerprint density at radius 3 is 2.63 bits per heavy atom. The highest BCUT2D eigenvalue weighted by Gasteiger charge is 2.20. The smallest absolute Gasteiger partial charge is 0.119 e. The second kappa shape index (κ2) is 7.54. The van der Waals surface area contributed by atoms with E-state index < -0.39 is 0 Å². The molecule has 0 radical (unpaired) electrons. The molecular weight excluding hydrogens is 234 g/mol. The van der Waals surface area contributed by atoms with Gasteiger partial charge in [-0.1, -0.05) is 31.9 Å². The monoisotopic (exact) mass is 261 g/mol. The van der Waals surface area contributed by atoms with E-state index in [4.69, 9.17) is 4.74 Å². The van der Waals surface area contributed by atoms with Gasteiger partial charge >= 0.3 is 0 Å². The van der Waals surface area contributed by atoms with E-state index in [9.17, 15) is 0 Å². The van der Waals surface area contributed by atoms with Crippen LogP contribution in [0.3, 0.4) is 0 Å². The summed E-state index contributed by atoms with van der Waals surface area (Å²) in [5, 5.41) is 3.60. The lowest BCUT2D eigenvalue weighted by molar-refractivity contribution is 0.317. The Bertz CT molecular complexity index is 356. The molecule has 2 heteroatoms. The lowest BCUT2D eigenvalue weighted by Gasteiger charge is -2.15. The summed E-state index contributed by atoms with van der Waals surface area (Å²) >= 11 is 0. The van der Waals surface area contributed by atoms with Gasteiger partial charge in [0, 0.05) is 6.04 Å². The van der Waals surface area contributed by atoms with Gasteiger partial charge in [-0.25, -0.2) is 0 Å². The quantitative estimate of drug-likeness (QED) is 0.669. The molecule has 0 amide bonds. The van der Waals surface area contributed by atoms with E-state index in [0.717, 1.165) is 31.2 Å².